The first-order valence-electron chi connectivity index (χ1n) is 6.79. The number of pyridine rings is 1. The van der Waals surface area contributed by atoms with E-state index < -0.39 is 5.91 Å². The van der Waals surface area contributed by atoms with E-state index in [2.05, 4.69) is 16.4 Å². The highest BCUT2D eigenvalue weighted by Crippen LogP contribution is 2.36. The number of amides is 1. The van der Waals surface area contributed by atoms with Gasteiger partial charge in [-0.3, -0.25) is 4.79 Å². The number of rotatable bonds is 4. The molecule has 5 nitrogen and oxygen atoms in total. The molecule has 0 spiro atoms. The van der Waals surface area contributed by atoms with Crippen molar-refractivity contribution < 1.29 is 4.79 Å². The lowest BCUT2D eigenvalue weighted by molar-refractivity contribution is 0.100. The summed E-state index contributed by atoms with van der Waals surface area (Å²) < 4.78 is 0. The van der Waals surface area contributed by atoms with Gasteiger partial charge in [0.05, 0.1) is 17.2 Å². The van der Waals surface area contributed by atoms with Crippen LogP contribution in [-0.4, -0.2) is 10.9 Å². The van der Waals surface area contributed by atoms with Crippen LogP contribution in [0.4, 0.5) is 10.8 Å². The SMILES string of the molecule is N#Cc1ccnc(Nc2sc(-c3ccccc3)cc2C(N)=O)c1. The zero-order chi connectivity index (χ0) is 16.2. The maximum Gasteiger partial charge on any atom is 0.251 e. The smallest absolute Gasteiger partial charge is 0.251 e. The van der Waals surface area contributed by atoms with E-state index in [1.807, 2.05) is 30.3 Å². The summed E-state index contributed by atoms with van der Waals surface area (Å²) in [6.45, 7) is 0. The quantitative estimate of drug-likeness (QED) is 0.769. The topological polar surface area (TPSA) is 91.8 Å². The molecule has 2 aromatic heterocycles. The standard InChI is InChI=1S/C17H12N4OS/c18-10-11-6-7-20-15(8-11)21-17-13(16(19)22)9-14(23-17)12-4-2-1-3-5-12/h1-9H,(H2,19,22)(H,20,21). The van der Waals surface area contributed by atoms with Crippen molar-refractivity contribution in [2.45, 2.75) is 0 Å². The molecule has 0 atom stereocenters. The minimum atomic E-state index is -0.512. The van der Waals surface area contributed by atoms with Crippen LogP contribution in [0, 0.1) is 11.3 Å². The molecule has 0 fully saturated rings. The highest BCUT2D eigenvalue weighted by atomic mass is 32.1. The average Bonchev–Trinajstić information content (AvgIpc) is 3.00. The molecule has 0 saturated carbocycles. The first-order valence-corrected chi connectivity index (χ1v) is 7.61. The zero-order valence-corrected chi connectivity index (χ0v) is 12.8. The molecule has 3 rings (SSSR count). The summed E-state index contributed by atoms with van der Waals surface area (Å²) in [5, 5.41) is 12.6. The molecule has 0 radical (unpaired) electrons. The molecular formula is C17H12N4OS. The Hall–Kier alpha value is -3.17. The van der Waals surface area contributed by atoms with Gasteiger partial charge in [0.15, 0.2) is 0 Å². The maximum atomic E-state index is 11.7. The van der Waals surface area contributed by atoms with Crippen LogP contribution in [0.3, 0.4) is 0 Å². The predicted octanol–water partition coefficient (Wildman–Crippen LogP) is 3.52. The number of nitrogens with zero attached hydrogens (tertiary/aromatic N) is 2. The fourth-order valence-corrected chi connectivity index (χ4v) is 3.17. The van der Waals surface area contributed by atoms with Crippen LogP contribution in [-0.2, 0) is 0 Å². The van der Waals surface area contributed by atoms with E-state index >= 15 is 0 Å². The summed E-state index contributed by atoms with van der Waals surface area (Å²) in [6, 6.07) is 16.8. The predicted molar refractivity (Wildman–Crippen MR) is 90.5 cm³/mol. The molecule has 23 heavy (non-hydrogen) atoms. The second-order valence-electron chi connectivity index (χ2n) is 4.75. The number of carbonyl (C=O) groups is 1. The fraction of sp³-hybridized carbons (Fsp3) is 0. The van der Waals surface area contributed by atoms with Crippen LogP contribution in [0.15, 0.2) is 54.7 Å². The Morgan fingerprint density at radius 2 is 2.00 bits per heavy atom. The van der Waals surface area contributed by atoms with Crippen molar-refractivity contribution in [3.63, 3.8) is 0 Å². The largest absolute Gasteiger partial charge is 0.366 e. The molecule has 0 saturated heterocycles. The third-order valence-electron chi connectivity index (χ3n) is 3.19. The number of anilines is 2. The third-order valence-corrected chi connectivity index (χ3v) is 4.29. The van der Waals surface area contributed by atoms with E-state index in [-0.39, 0.29) is 0 Å². The number of hydrogen-bond donors (Lipinski definition) is 2. The van der Waals surface area contributed by atoms with E-state index in [1.165, 1.54) is 17.5 Å². The lowest BCUT2D eigenvalue weighted by Gasteiger charge is -2.04. The Labute approximate surface area is 137 Å². The Morgan fingerprint density at radius 3 is 2.70 bits per heavy atom. The van der Waals surface area contributed by atoms with Crippen LogP contribution < -0.4 is 11.1 Å². The van der Waals surface area contributed by atoms with Gasteiger partial charge in [0.1, 0.15) is 10.8 Å². The third kappa shape index (κ3) is 3.20. The van der Waals surface area contributed by atoms with E-state index in [0.717, 1.165) is 10.4 Å². The molecule has 6 heteroatoms. The minimum absolute atomic E-state index is 0.401. The summed E-state index contributed by atoms with van der Waals surface area (Å²) in [5.41, 5.74) is 7.37. The Balaban J connectivity index is 1.99. The molecule has 2 heterocycles. The van der Waals surface area contributed by atoms with Crippen molar-refractivity contribution >= 4 is 28.1 Å². The van der Waals surface area contributed by atoms with Gasteiger partial charge < -0.3 is 11.1 Å². The number of benzene rings is 1. The number of nitrogens with one attached hydrogen (secondary N) is 1. The fourth-order valence-electron chi connectivity index (χ4n) is 2.10. The van der Waals surface area contributed by atoms with Crippen LogP contribution in [0.1, 0.15) is 15.9 Å². The van der Waals surface area contributed by atoms with Gasteiger partial charge in [-0.25, -0.2) is 4.98 Å². The van der Waals surface area contributed by atoms with Gasteiger partial charge in [0, 0.05) is 11.1 Å². The van der Waals surface area contributed by atoms with Crippen molar-refractivity contribution in [3.8, 4) is 16.5 Å². The van der Waals surface area contributed by atoms with Crippen molar-refractivity contribution in [1.82, 2.24) is 4.98 Å². The first kappa shape index (κ1) is 14.8. The average molecular weight is 320 g/mol. The second kappa shape index (κ2) is 6.30. The summed E-state index contributed by atoms with van der Waals surface area (Å²) >= 11 is 1.41. The van der Waals surface area contributed by atoms with Gasteiger partial charge in [-0.1, -0.05) is 30.3 Å². The highest BCUT2D eigenvalue weighted by molar-refractivity contribution is 7.19. The Bertz CT molecular complexity index is 896. The molecule has 0 aliphatic rings. The van der Waals surface area contributed by atoms with Crippen LogP contribution >= 0.6 is 11.3 Å². The highest BCUT2D eigenvalue weighted by Gasteiger charge is 2.15. The number of aromatic nitrogens is 1. The summed E-state index contributed by atoms with van der Waals surface area (Å²) in [4.78, 5) is 16.8. The molecule has 3 N–H and O–H groups in total. The van der Waals surface area contributed by atoms with E-state index in [1.54, 1.807) is 18.2 Å². The van der Waals surface area contributed by atoms with Crippen molar-refractivity contribution in [1.29, 1.82) is 5.26 Å². The van der Waals surface area contributed by atoms with E-state index in [4.69, 9.17) is 11.0 Å². The minimum Gasteiger partial charge on any atom is -0.366 e. The van der Waals surface area contributed by atoms with E-state index in [9.17, 15) is 4.79 Å². The molecule has 112 valence electrons. The van der Waals surface area contributed by atoms with Crippen molar-refractivity contribution in [2.24, 2.45) is 5.73 Å². The normalized spacial score (nSPS) is 10.0. The molecule has 0 aliphatic heterocycles. The number of thiophene rings is 1. The van der Waals surface area contributed by atoms with Gasteiger partial charge in [-0.15, -0.1) is 11.3 Å². The molecule has 1 aromatic carbocycles. The number of carbonyl (C=O) groups excluding carboxylic acids is 1. The summed E-state index contributed by atoms with van der Waals surface area (Å²) in [6.07, 6.45) is 1.54. The lowest BCUT2D eigenvalue weighted by atomic mass is 10.1. The Kier molecular flexibility index (Phi) is 4.04. The molecular weight excluding hydrogens is 308 g/mol. The van der Waals surface area contributed by atoms with Crippen molar-refractivity contribution in [2.75, 3.05) is 5.32 Å². The number of primary amides is 1. The number of nitriles is 1. The van der Waals surface area contributed by atoms with Gasteiger partial charge in [-0.2, -0.15) is 5.26 Å². The molecule has 0 unspecified atom stereocenters. The maximum absolute atomic E-state index is 11.7. The van der Waals surface area contributed by atoms with Crippen LogP contribution in [0.2, 0.25) is 0 Å². The summed E-state index contributed by atoms with van der Waals surface area (Å²) in [5.74, 6) is -0.0182. The second-order valence-corrected chi connectivity index (χ2v) is 5.80. The monoisotopic (exact) mass is 320 g/mol. The van der Waals surface area contributed by atoms with Gasteiger partial charge in [-0.05, 0) is 23.8 Å². The van der Waals surface area contributed by atoms with E-state index in [0.29, 0.717) is 21.9 Å². The summed E-state index contributed by atoms with van der Waals surface area (Å²) in [7, 11) is 0. The van der Waals surface area contributed by atoms with Crippen LogP contribution in [0.25, 0.3) is 10.4 Å². The molecule has 1 amide bonds. The number of nitrogens with two attached hydrogens (primary N) is 1. The molecule has 0 aliphatic carbocycles. The van der Waals surface area contributed by atoms with Gasteiger partial charge in [0.2, 0.25) is 0 Å². The van der Waals surface area contributed by atoms with Crippen molar-refractivity contribution in [3.05, 3.63) is 65.9 Å². The van der Waals surface area contributed by atoms with Crippen LogP contribution in [0.5, 0.6) is 0 Å². The lowest BCUT2D eigenvalue weighted by Crippen LogP contribution is -2.11. The molecule has 0 bridgehead atoms. The number of hydrogen-bond acceptors (Lipinski definition) is 5. The van der Waals surface area contributed by atoms with Gasteiger partial charge >= 0.3 is 0 Å². The van der Waals surface area contributed by atoms with Gasteiger partial charge in [0.25, 0.3) is 5.91 Å². The Morgan fingerprint density at radius 1 is 1.22 bits per heavy atom. The zero-order valence-electron chi connectivity index (χ0n) is 12.0. The first-order chi connectivity index (χ1) is 11.2. The molecule has 3 aromatic rings.